The molecule has 2 rings (SSSR count). The molecule has 7 heteroatoms. The Hall–Kier alpha value is -2.18. The summed E-state index contributed by atoms with van der Waals surface area (Å²) in [6, 6.07) is 0.948. The predicted octanol–water partition coefficient (Wildman–Crippen LogP) is 1.14. The Morgan fingerprint density at radius 1 is 1.41 bits per heavy atom. The third kappa shape index (κ3) is 4.41. The van der Waals surface area contributed by atoms with Gasteiger partial charge in [0, 0.05) is 18.5 Å². The van der Waals surface area contributed by atoms with Crippen LogP contribution in [0.2, 0.25) is 0 Å². The number of nitrogens with one attached hydrogen (secondary N) is 2. The van der Waals surface area contributed by atoms with E-state index in [1.54, 1.807) is 0 Å². The van der Waals surface area contributed by atoms with Crippen molar-refractivity contribution in [2.75, 3.05) is 6.54 Å². The second-order valence-electron chi connectivity index (χ2n) is 5.57. The molecule has 0 radical (unpaired) electrons. The molecule has 22 heavy (non-hydrogen) atoms. The van der Waals surface area contributed by atoms with Crippen LogP contribution in [-0.2, 0) is 11.3 Å². The first kappa shape index (κ1) is 16.2. The fourth-order valence-corrected chi connectivity index (χ4v) is 2.23. The van der Waals surface area contributed by atoms with E-state index in [2.05, 4.69) is 15.6 Å². The molecule has 7 nitrogen and oxygen atoms in total. The summed E-state index contributed by atoms with van der Waals surface area (Å²) in [5.41, 5.74) is 0.531. The zero-order chi connectivity index (χ0) is 15.9. The molecule has 3 amide bonds. The average molecular weight is 306 g/mol. The molecule has 0 unspecified atom stereocenters. The number of carbonyl (C=O) groups excluding carboxylic acids is 2. The van der Waals surface area contributed by atoms with Gasteiger partial charge in [0.05, 0.1) is 12.0 Å². The van der Waals surface area contributed by atoms with Crippen molar-refractivity contribution in [3.05, 3.63) is 28.4 Å². The van der Waals surface area contributed by atoms with E-state index in [0.717, 1.165) is 31.4 Å². The van der Waals surface area contributed by atoms with Crippen LogP contribution in [-0.4, -0.2) is 28.0 Å². The van der Waals surface area contributed by atoms with E-state index in [1.165, 1.54) is 23.4 Å². The first-order valence-corrected chi connectivity index (χ1v) is 7.74. The number of amides is 3. The number of rotatable bonds is 6. The fourth-order valence-electron chi connectivity index (χ4n) is 2.23. The first-order chi connectivity index (χ1) is 10.6. The molecule has 2 N–H and O–H groups in total. The van der Waals surface area contributed by atoms with E-state index >= 15 is 0 Å². The minimum absolute atomic E-state index is 0.210. The molecular formula is C15H22N4O3. The van der Waals surface area contributed by atoms with Crippen LogP contribution in [0.3, 0.4) is 0 Å². The van der Waals surface area contributed by atoms with Gasteiger partial charge in [-0.3, -0.25) is 19.5 Å². The largest absolute Gasteiger partial charge is 0.338 e. The lowest BCUT2D eigenvalue weighted by atomic mass is 9.83. The Kier molecular flexibility index (Phi) is 5.68. The SMILES string of the molecule is CCCCNC(=O)NC(=O)Cn1cnc(C2CCC2)cc1=O. The molecule has 1 aromatic rings. The smallest absolute Gasteiger partial charge is 0.321 e. The van der Waals surface area contributed by atoms with Gasteiger partial charge >= 0.3 is 6.03 Å². The predicted molar refractivity (Wildman–Crippen MR) is 81.5 cm³/mol. The molecule has 0 atom stereocenters. The lowest BCUT2D eigenvalue weighted by Gasteiger charge is -2.24. The molecule has 1 aliphatic carbocycles. The summed E-state index contributed by atoms with van der Waals surface area (Å²) in [7, 11) is 0. The fraction of sp³-hybridized carbons (Fsp3) is 0.600. The van der Waals surface area contributed by atoms with Crippen molar-refractivity contribution in [3.63, 3.8) is 0 Å². The molecule has 1 fully saturated rings. The van der Waals surface area contributed by atoms with Crippen molar-refractivity contribution in [3.8, 4) is 0 Å². The summed E-state index contributed by atoms with van der Waals surface area (Å²) in [5.74, 6) is -0.158. The highest BCUT2D eigenvalue weighted by Crippen LogP contribution is 2.34. The quantitative estimate of drug-likeness (QED) is 0.771. The lowest BCUT2D eigenvalue weighted by Crippen LogP contribution is -2.42. The van der Waals surface area contributed by atoms with Gasteiger partial charge in [0.15, 0.2) is 0 Å². The summed E-state index contributed by atoms with van der Waals surface area (Å²) >= 11 is 0. The maximum atomic E-state index is 12.0. The highest BCUT2D eigenvalue weighted by atomic mass is 16.2. The Balaban J connectivity index is 1.86. The van der Waals surface area contributed by atoms with Crippen LogP contribution in [0, 0.1) is 0 Å². The number of carbonyl (C=O) groups is 2. The Labute approximate surface area is 129 Å². The van der Waals surface area contributed by atoms with E-state index < -0.39 is 11.9 Å². The summed E-state index contributed by atoms with van der Waals surface area (Å²) < 4.78 is 1.21. The lowest BCUT2D eigenvalue weighted by molar-refractivity contribution is -0.120. The molecule has 0 spiro atoms. The number of imide groups is 1. The second kappa shape index (κ2) is 7.72. The number of urea groups is 1. The number of aromatic nitrogens is 2. The van der Waals surface area contributed by atoms with Gasteiger partial charge in [-0.05, 0) is 19.3 Å². The minimum atomic E-state index is -0.537. The molecule has 0 saturated heterocycles. The zero-order valence-electron chi connectivity index (χ0n) is 12.8. The van der Waals surface area contributed by atoms with Crippen LogP contribution in [0.15, 0.2) is 17.2 Å². The molecule has 0 aliphatic heterocycles. The summed E-state index contributed by atoms with van der Waals surface area (Å²) in [4.78, 5) is 39.4. The van der Waals surface area contributed by atoms with Gasteiger partial charge in [0.1, 0.15) is 6.54 Å². The highest BCUT2D eigenvalue weighted by molar-refractivity contribution is 5.94. The van der Waals surface area contributed by atoms with Crippen molar-refractivity contribution >= 4 is 11.9 Å². The normalized spacial score (nSPS) is 14.2. The number of hydrogen-bond acceptors (Lipinski definition) is 4. The molecule has 1 aliphatic rings. The van der Waals surface area contributed by atoms with Gasteiger partial charge in [-0.25, -0.2) is 9.78 Å². The van der Waals surface area contributed by atoms with Crippen LogP contribution in [0.1, 0.15) is 50.6 Å². The van der Waals surface area contributed by atoms with Crippen LogP contribution in [0.4, 0.5) is 4.79 Å². The summed E-state index contributed by atoms with van der Waals surface area (Å²) in [6.45, 7) is 2.32. The van der Waals surface area contributed by atoms with Crippen LogP contribution < -0.4 is 16.2 Å². The standard InChI is InChI=1S/C15H22N4O3/c1-2-3-7-16-15(22)18-13(20)9-19-10-17-12(8-14(19)21)11-5-4-6-11/h8,10-11H,2-7,9H2,1H3,(H2,16,18,20,22). The maximum Gasteiger partial charge on any atom is 0.321 e. The van der Waals surface area contributed by atoms with Crippen molar-refractivity contribution in [1.29, 1.82) is 0 Å². The maximum absolute atomic E-state index is 12.0. The average Bonchev–Trinajstić information content (AvgIpc) is 2.40. The third-order valence-corrected chi connectivity index (χ3v) is 3.81. The zero-order valence-corrected chi connectivity index (χ0v) is 12.8. The molecule has 1 heterocycles. The number of nitrogens with zero attached hydrogens (tertiary/aromatic N) is 2. The van der Waals surface area contributed by atoms with Crippen molar-refractivity contribution in [2.24, 2.45) is 0 Å². The Bertz CT molecular complexity index is 593. The number of hydrogen-bond donors (Lipinski definition) is 2. The Morgan fingerprint density at radius 3 is 2.77 bits per heavy atom. The van der Waals surface area contributed by atoms with Gasteiger partial charge in [-0.15, -0.1) is 0 Å². The Morgan fingerprint density at radius 2 is 2.18 bits per heavy atom. The van der Waals surface area contributed by atoms with E-state index in [9.17, 15) is 14.4 Å². The van der Waals surface area contributed by atoms with Gasteiger partial charge in [-0.1, -0.05) is 19.8 Å². The second-order valence-corrected chi connectivity index (χ2v) is 5.57. The van der Waals surface area contributed by atoms with Gasteiger partial charge in [-0.2, -0.15) is 0 Å². The van der Waals surface area contributed by atoms with E-state index in [-0.39, 0.29) is 12.1 Å². The van der Waals surface area contributed by atoms with E-state index in [1.807, 2.05) is 6.92 Å². The van der Waals surface area contributed by atoms with E-state index in [0.29, 0.717) is 12.5 Å². The molecule has 1 saturated carbocycles. The van der Waals surface area contributed by atoms with E-state index in [4.69, 9.17) is 0 Å². The first-order valence-electron chi connectivity index (χ1n) is 7.74. The summed E-state index contributed by atoms with van der Waals surface area (Å²) in [6.07, 6.45) is 6.50. The molecule has 0 aromatic carbocycles. The van der Waals surface area contributed by atoms with Gasteiger partial charge in [0.25, 0.3) is 5.56 Å². The van der Waals surface area contributed by atoms with Crippen molar-refractivity contribution < 1.29 is 9.59 Å². The monoisotopic (exact) mass is 306 g/mol. The van der Waals surface area contributed by atoms with Gasteiger partial charge in [0.2, 0.25) is 5.91 Å². The van der Waals surface area contributed by atoms with Crippen molar-refractivity contribution in [1.82, 2.24) is 20.2 Å². The molecule has 1 aromatic heterocycles. The highest BCUT2D eigenvalue weighted by Gasteiger charge is 2.21. The van der Waals surface area contributed by atoms with Crippen molar-refractivity contribution in [2.45, 2.75) is 51.5 Å². The molecule has 0 bridgehead atoms. The third-order valence-electron chi connectivity index (χ3n) is 3.81. The van der Waals surface area contributed by atoms with Crippen LogP contribution in [0.5, 0.6) is 0 Å². The topological polar surface area (TPSA) is 93.1 Å². The molecular weight excluding hydrogens is 284 g/mol. The van der Waals surface area contributed by atoms with Crippen LogP contribution in [0.25, 0.3) is 0 Å². The number of unbranched alkanes of at least 4 members (excludes halogenated alkanes) is 1. The molecule has 120 valence electrons. The summed E-state index contributed by atoms with van der Waals surface area (Å²) in [5, 5.41) is 4.78. The minimum Gasteiger partial charge on any atom is -0.338 e. The van der Waals surface area contributed by atoms with Crippen LogP contribution >= 0.6 is 0 Å². The van der Waals surface area contributed by atoms with Gasteiger partial charge < -0.3 is 5.32 Å².